The molecule has 7 nitrogen and oxygen atoms in total. The molecule has 11 heteroatoms. The van der Waals surface area contributed by atoms with Crippen molar-refractivity contribution in [3.05, 3.63) is 23.9 Å². The van der Waals surface area contributed by atoms with Gasteiger partial charge in [0.05, 0.1) is 36.6 Å². The van der Waals surface area contributed by atoms with Gasteiger partial charge in [-0.2, -0.15) is 18.2 Å². The largest absolute Gasteiger partial charge is 0.419 e. The van der Waals surface area contributed by atoms with Gasteiger partial charge in [0.2, 0.25) is 5.95 Å². The molecule has 5 rings (SSSR count). The normalized spacial score (nSPS) is 26.1. The third kappa shape index (κ3) is 3.40. The molecule has 2 N–H and O–H groups in total. The highest BCUT2D eigenvalue weighted by atomic mass is 19.4. The van der Waals surface area contributed by atoms with E-state index >= 15 is 0 Å². The first-order valence-corrected chi connectivity index (χ1v) is 9.77. The van der Waals surface area contributed by atoms with Crippen LogP contribution in [0.2, 0.25) is 0 Å². The summed E-state index contributed by atoms with van der Waals surface area (Å²) in [5.74, 6) is 0.310. The van der Waals surface area contributed by atoms with E-state index in [-0.39, 0.29) is 24.3 Å². The topological polar surface area (TPSA) is 80.4 Å². The lowest BCUT2D eigenvalue weighted by atomic mass is 10.1. The summed E-state index contributed by atoms with van der Waals surface area (Å²) in [7, 11) is 0. The van der Waals surface area contributed by atoms with Gasteiger partial charge < -0.3 is 20.3 Å². The van der Waals surface area contributed by atoms with E-state index in [4.69, 9.17) is 10.5 Å². The van der Waals surface area contributed by atoms with Gasteiger partial charge in [-0.3, -0.25) is 0 Å². The van der Waals surface area contributed by atoms with Crippen molar-refractivity contribution in [2.75, 3.05) is 41.8 Å². The maximum atomic E-state index is 13.8. The molecule has 3 fully saturated rings. The van der Waals surface area contributed by atoms with Gasteiger partial charge in [-0.1, -0.05) is 0 Å². The molecule has 0 spiro atoms. The SMILES string of the molecule is Nc1ncc(-c2cc(N3CC4CC3CO4)nc(N3CCC(F)C3)n2)cc1C(F)(F)F. The van der Waals surface area contributed by atoms with Gasteiger partial charge in [0.25, 0.3) is 0 Å². The molecule has 3 aliphatic rings. The highest BCUT2D eigenvalue weighted by Gasteiger charge is 2.40. The molecule has 30 heavy (non-hydrogen) atoms. The number of fused-ring (bicyclic) bond motifs is 2. The molecule has 2 aromatic heterocycles. The van der Waals surface area contributed by atoms with Crippen molar-refractivity contribution in [3.8, 4) is 11.3 Å². The number of anilines is 3. The Morgan fingerprint density at radius 3 is 2.63 bits per heavy atom. The van der Waals surface area contributed by atoms with Crippen molar-refractivity contribution in [1.82, 2.24) is 15.0 Å². The fourth-order valence-electron chi connectivity index (χ4n) is 4.28. The Hall–Kier alpha value is -2.69. The molecule has 5 heterocycles. The predicted octanol–water partition coefficient (Wildman–Crippen LogP) is 2.67. The van der Waals surface area contributed by atoms with E-state index in [1.807, 2.05) is 0 Å². The zero-order valence-electron chi connectivity index (χ0n) is 15.9. The van der Waals surface area contributed by atoms with Gasteiger partial charge in [-0.25, -0.2) is 14.4 Å². The number of aromatic nitrogens is 3. The van der Waals surface area contributed by atoms with Gasteiger partial charge in [0.15, 0.2) is 0 Å². The molecule has 160 valence electrons. The third-order valence-electron chi connectivity index (χ3n) is 5.83. The minimum Gasteiger partial charge on any atom is -0.383 e. The van der Waals surface area contributed by atoms with Gasteiger partial charge in [0, 0.05) is 30.9 Å². The monoisotopic (exact) mass is 424 g/mol. The van der Waals surface area contributed by atoms with Crippen LogP contribution in [-0.2, 0) is 10.9 Å². The van der Waals surface area contributed by atoms with Crippen molar-refractivity contribution in [2.24, 2.45) is 0 Å². The number of pyridine rings is 1. The zero-order chi connectivity index (χ0) is 21.0. The van der Waals surface area contributed by atoms with Crippen LogP contribution in [0.4, 0.5) is 35.1 Å². The maximum Gasteiger partial charge on any atom is 0.419 e. The standard InChI is InChI=1S/C19H20F4N6O/c20-11-1-2-28(7-11)18-26-15(10-3-14(19(21,22)23)17(24)25-6-10)5-16(27-18)29-8-13-4-12(29)9-30-13/h3,5-6,11-13H,1-2,4,7-9H2,(H2,24,25). The molecule has 3 unspecified atom stereocenters. The number of nitrogens with two attached hydrogens (primary N) is 1. The Morgan fingerprint density at radius 2 is 2.00 bits per heavy atom. The third-order valence-corrected chi connectivity index (χ3v) is 5.83. The van der Waals surface area contributed by atoms with Crippen LogP contribution < -0.4 is 15.5 Å². The van der Waals surface area contributed by atoms with E-state index in [1.54, 1.807) is 11.0 Å². The number of alkyl halides is 4. The first-order chi connectivity index (χ1) is 14.3. The highest BCUT2D eigenvalue weighted by molar-refractivity contribution is 5.67. The molecule has 3 saturated heterocycles. The van der Waals surface area contributed by atoms with Crippen molar-refractivity contribution < 1.29 is 22.3 Å². The summed E-state index contributed by atoms with van der Waals surface area (Å²) in [5.41, 5.74) is 4.89. The van der Waals surface area contributed by atoms with E-state index in [9.17, 15) is 17.6 Å². The number of morpholine rings is 1. The van der Waals surface area contributed by atoms with Crippen LogP contribution in [0.3, 0.4) is 0 Å². The molecule has 0 radical (unpaired) electrons. The minimum atomic E-state index is -4.63. The van der Waals surface area contributed by atoms with Crippen LogP contribution in [0.25, 0.3) is 11.3 Å². The van der Waals surface area contributed by atoms with Crippen molar-refractivity contribution >= 4 is 17.6 Å². The van der Waals surface area contributed by atoms with Gasteiger partial charge in [0.1, 0.15) is 17.8 Å². The lowest BCUT2D eigenvalue weighted by Gasteiger charge is -2.29. The maximum absolute atomic E-state index is 13.8. The molecule has 0 aliphatic carbocycles. The summed E-state index contributed by atoms with van der Waals surface area (Å²) < 4.78 is 59.3. The summed E-state index contributed by atoms with van der Waals surface area (Å²) in [6, 6.07) is 2.76. The van der Waals surface area contributed by atoms with Crippen LogP contribution in [0.1, 0.15) is 18.4 Å². The first-order valence-electron chi connectivity index (χ1n) is 9.77. The van der Waals surface area contributed by atoms with Crippen molar-refractivity contribution in [3.63, 3.8) is 0 Å². The molecular weight excluding hydrogens is 404 g/mol. The number of halogens is 4. The number of nitrogen functional groups attached to an aromatic ring is 1. The Bertz CT molecular complexity index is 971. The summed E-state index contributed by atoms with van der Waals surface area (Å²) in [6.07, 6.45) is -2.98. The quantitative estimate of drug-likeness (QED) is 0.759. The number of hydrogen-bond acceptors (Lipinski definition) is 7. The number of ether oxygens (including phenoxy) is 1. The van der Waals surface area contributed by atoms with E-state index in [0.717, 1.165) is 12.5 Å². The van der Waals surface area contributed by atoms with E-state index in [0.29, 0.717) is 43.6 Å². The van der Waals surface area contributed by atoms with Crippen LogP contribution >= 0.6 is 0 Å². The second kappa shape index (κ2) is 6.93. The molecule has 0 amide bonds. The predicted molar refractivity (Wildman–Crippen MR) is 102 cm³/mol. The number of hydrogen-bond donors (Lipinski definition) is 1. The number of nitrogens with zero attached hydrogens (tertiary/aromatic N) is 5. The molecule has 3 aliphatic heterocycles. The van der Waals surface area contributed by atoms with Crippen LogP contribution in [0.5, 0.6) is 0 Å². The van der Waals surface area contributed by atoms with E-state index in [2.05, 4.69) is 19.9 Å². The smallest absolute Gasteiger partial charge is 0.383 e. The average Bonchev–Trinajstić information content (AvgIpc) is 3.44. The lowest BCUT2D eigenvalue weighted by Crippen LogP contribution is -2.38. The van der Waals surface area contributed by atoms with Gasteiger partial charge in [-0.05, 0) is 18.9 Å². The van der Waals surface area contributed by atoms with Crippen LogP contribution in [0.15, 0.2) is 18.3 Å². The Balaban J connectivity index is 1.58. The second-order valence-electron chi connectivity index (χ2n) is 7.90. The lowest BCUT2D eigenvalue weighted by molar-refractivity contribution is -0.137. The summed E-state index contributed by atoms with van der Waals surface area (Å²) in [5, 5.41) is 0. The van der Waals surface area contributed by atoms with Gasteiger partial charge in [-0.15, -0.1) is 0 Å². The Morgan fingerprint density at radius 1 is 1.17 bits per heavy atom. The van der Waals surface area contributed by atoms with Crippen LogP contribution in [0, 0.1) is 0 Å². The average molecular weight is 424 g/mol. The van der Waals surface area contributed by atoms with Crippen molar-refractivity contribution in [1.29, 1.82) is 0 Å². The Kier molecular flexibility index (Phi) is 4.46. The molecule has 2 bridgehead atoms. The molecule has 3 atom stereocenters. The van der Waals surface area contributed by atoms with Gasteiger partial charge >= 0.3 is 6.18 Å². The first kappa shape index (κ1) is 19.3. The minimum absolute atomic E-state index is 0.119. The van der Waals surface area contributed by atoms with E-state index in [1.165, 1.54) is 6.20 Å². The van der Waals surface area contributed by atoms with Crippen molar-refractivity contribution in [2.45, 2.75) is 37.3 Å². The number of rotatable bonds is 3. The fourth-order valence-corrected chi connectivity index (χ4v) is 4.28. The summed E-state index contributed by atoms with van der Waals surface area (Å²) in [4.78, 5) is 16.6. The summed E-state index contributed by atoms with van der Waals surface area (Å²) in [6.45, 7) is 1.84. The molecule has 0 aromatic carbocycles. The highest BCUT2D eigenvalue weighted by Crippen LogP contribution is 2.37. The fraction of sp³-hybridized carbons (Fsp3) is 0.526. The van der Waals surface area contributed by atoms with E-state index < -0.39 is 23.7 Å². The van der Waals surface area contributed by atoms with Crippen LogP contribution in [-0.4, -0.2) is 59.5 Å². The molecular formula is C19H20F4N6O. The Labute approximate surface area is 169 Å². The zero-order valence-corrected chi connectivity index (χ0v) is 15.9. The molecule has 2 aromatic rings. The molecule has 0 saturated carbocycles. The summed E-state index contributed by atoms with van der Waals surface area (Å²) >= 11 is 0. The second-order valence-corrected chi connectivity index (χ2v) is 7.90.